The maximum absolute atomic E-state index is 3.68. The molecule has 1 aliphatic heterocycles. The lowest BCUT2D eigenvalue weighted by Crippen LogP contribution is -2.26. The second-order valence-corrected chi connectivity index (χ2v) is 6.98. The fourth-order valence-corrected chi connectivity index (χ4v) is 3.37. The second-order valence-electron chi connectivity index (χ2n) is 5.81. The summed E-state index contributed by atoms with van der Waals surface area (Å²) < 4.78 is 1.33. The number of hydrogen-bond acceptors (Lipinski definition) is 2. The lowest BCUT2D eigenvalue weighted by Gasteiger charge is -2.18. The lowest BCUT2D eigenvalue weighted by molar-refractivity contribution is 0.328. The van der Waals surface area contributed by atoms with Gasteiger partial charge in [-0.25, -0.2) is 0 Å². The van der Waals surface area contributed by atoms with Crippen molar-refractivity contribution in [1.29, 1.82) is 0 Å². The minimum atomic E-state index is 0.562. The third-order valence-corrected chi connectivity index (χ3v) is 5.23. The molecule has 0 saturated carbocycles. The van der Waals surface area contributed by atoms with Gasteiger partial charge in [-0.3, -0.25) is 4.90 Å². The maximum Gasteiger partial charge on any atom is 0.0400 e. The predicted molar refractivity (Wildman–Crippen MR) is 97.6 cm³/mol. The van der Waals surface area contributed by atoms with Crippen LogP contribution in [0.2, 0.25) is 0 Å². The number of benzene rings is 2. The Hall–Kier alpha value is -1.07. The standard InChI is InChI=1S/C18H21IN2/c1-14-7-8-16(11-18(14)19)20-17-9-10-21(13-17)12-15-5-3-2-4-6-15/h2-8,11,17,20H,9-10,12-13H2,1H3. The second kappa shape index (κ2) is 6.79. The van der Waals surface area contributed by atoms with Crippen LogP contribution in [0.3, 0.4) is 0 Å². The van der Waals surface area contributed by atoms with Gasteiger partial charge in [0.05, 0.1) is 0 Å². The van der Waals surface area contributed by atoms with Crippen LogP contribution in [0.4, 0.5) is 5.69 Å². The molecule has 1 saturated heterocycles. The number of nitrogens with zero attached hydrogens (tertiary/aromatic N) is 1. The molecule has 0 aromatic heterocycles. The first kappa shape index (κ1) is 14.9. The van der Waals surface area contributed by atoms with Crippen LogP contribution in [0.5, 0.6) is 0 Å². The van der Waals surface area contributed by atoms with Gasteiger partial charge < -0.3 is 5.32 Å². The molecule has 1 unspecified atom stereocenters. The molecule has 0 amide bonds. The molecule has 1 aliphatic rings. The van der Waals surface area contributed by atoms with Crippen LogP contribution in [0, 0.1) is 10.5 Å². The molecule has 1 atom stereocenters. The molecule has 0 bridgehead atoms. The fourth-order valence-electron chi connectivity index (χ4n) is 2.85. The van der Waals surface area contributed by atoms with Crippen molar-refractivity contribution in [1.82, 2.24) is 4.90 Å². The fraction of sp³-hybridized carbons (Fsp3) is 0.333. The van der Waals surface area contributed by atoms with E-state index in [1.54, 1.807) is 0 Å². The quantitative estimate of drug-likeness (QED) is 0.782. The highest BCUT2D eigenvalue weighted by molar-refractivity contribution is 14.1. The molecule has 0 radical (unpaired) electrons. The summed E-state index contributed by atoms with van der Waals surface area (Å²) in [7, 11) is 0. The van der Waals surface area contributed by atoms with Crippen molar-refractivity contribution in [3.8, 4) is 0 Å². The Morgan fingerprint density at radius 1 is 1.19 bits per heavy atom. The van der Waals surface area contributed by atoms with Crippen molar-refractivity contribution in [2.24, 2.45) is 0 Å². The first-order chi connectivity index (χ1) is 10.2. The topological polar surface area (TPSA) is 15.3 Å². The van der Waals surface area contributed by atoms with E-state index in [1.165, 1.54) is 33.4 Å². The number of likely N-dealkylation sites (tertiary alicyclic amines) is 1. The van der Waals surface area contributed by atoms with E-state index in [0.29, 0.717) is 6.04 Å². The summed E-state index contributed by atoms with van der Waals surface area (Å²) >= 11 is 2.41. The molecule has 2 aromatic rings. The number of hydrogen-bond donors (Lipinski definition) is 1. The van der Waals surface area contributed by atoms with E-state index >= 15 is 0 Å². The maximum atomic E-state index is 3.68. The van der Waals surface area contributed by atoms with E-state index in [4.69, 9.17) is 0 Å². The summed E-state index contributed by atoms with van der Waals surface area (Å²) in [5, 5.41) is 3.68. The van der Waals surface area contributed by atoms with Crippen LogP contribution in [-0.4, -0.2) is 24.0 Å². The molecule has 1 N–H and O–H groups in total. The summed E-state index contributed by atoms with van der Waals surface area (Å²) in [6.45, 7) is 5.52. The summed E-state index contributed by atoms with van der Waals surface area (Å²) in [4.78, 5) is 2.53. The van der Waals surface area contributed by atoms with Crippen molar-refractivity contribution in [3.05, 3.63) is 63.2 Å². The molecule has 3 heteroatoms. The number of halogens is 1. The average molecular weight is 392 g/mol. The summed E-state index contributed by atoms with van der Waals surface area (Å²) in [6, 6.07) is 17.9. The van der Waals surface area contributed by atoms with E-state index < -0.39 is 0 Å². The summed E-state index contributed by atoms with van der Waals surface area (Å²) in [5.41, 5.74) is 4.00. The van der Waals surface area contributed by atoms with Gasteiger partial charge in [0.1, 0.15) is 0 Å². The van der Waals surface area contributed by atoms with Crippen LogP contribution < -0.4 is 5.32 Å². The van der Waals surface area contributed by atoms with Crippen LogP contribution in [0.15, 0.2) is 48.5 Å². The lowest BCUT2D eigenvalue weighted by atomic mass is 10.2. The van der Waals surface area contributed by atoms with Gasteiger partial charge in [-0.15, -0.1) is 0 Å². The number of aryl methyl sites for hydroxylation is 1. The van der Waals surface area contributed by atoms with Gasteiger partial charge >= 0.3 is 0 Å². The largest absolute Gasteiger partial charge is 0.381 e. The third-order valence-electron chi connectivity index (χ3n) is 4.06. The first-order valence-electron chi connectivity index (χ1n) is 7.50. The van der Waals surface area contributed by atoms with Crippen molar-refractivity contribution < 1.29 is 0 Å². The van der Waals surface area contributed by atoms with Crippen molar-refractivity contribution in [2.75, 3.05) is 18.4 Å². The minimum Gasteiger partial charge on any atom is -0.381 e. The van der Waals surface area contributed by atoms with Crippen LogP contribution in [-0.2, 0) is 6.54 Å². The van der Waals surface area contributed by atoms with Crippen LogP contribution >= 0.6 is 22.6 Å². The third kappa shape index (κ3) is 3.98. The summed E-state index contributed by atoms with van der Waals surface area (Å²) in [5.74, 6) is 0. The first-order valence-corrected chi connectivity index (χ1v) is 8.57. The SMILES string of the molecule is Cc1ccc(NC2CCN(Cc3ccccc3)C2)cc1I. The monoisotopic (exact) mass is 392 g/mol. The van der Waals surface area contributed by atoms with E-state index in [1.807, 2.05) is 0 Å². The molecule has 21 heavy (non-hydrogen) atoms. The minimum absolute atomic E-state index is 0.562. The van der Waals surface area contributed by atoms with E-state index in [2.05, 4.69) is 88.3 Å². The van der Waals surface area contributed by atoms with Crippen LogP contribution in [0.1, 0.15) is 17.5 Å². The zero-order chi connectivity index (χ0) is 14.7. The Morgan fingerprint density at radius 2 is 2.00 bits per heavy atom. The normalized spacial score (nSPS) is 18.9. The van der Waals surface area contributed by atoms with E-state index in [0.717, 1.165) is 13.1 Å². The highest BCUT2D eigenvalue weighted by Crippen LogP contribution is 2.21. The molecule has 2 nitrogen and oxygen atoms in total. The van der Waals surface area contributed by atoms with Crippen molar-refractivity contribution in [2.45, 2.75) is 25.9 Å². The molecule has 1 heterocycles. The van der Waals surface area contributed by atoms with Crippen molar-refractivity contribution in [3.63, 3.8) is 0 Å². The highest BCUT2D eigenvalue weighted by Gasteiger charge is 2.22. The molecular formula is C18H21IN2. The number of nitrogens with one attached hydrogen (secondary N) is 1. The van der Waals surface area contributed by atoms with E-state index in [-0.39, 0.29) is 0 Å². The Labute approximate surface area is 140 Å². The highest BCUT2D eigenvalue weighted by atomic mass is 127. The molecule has 0 aliphatic carbocycles. The van der Waals surface area contributed by atoms with Gasteiger partial charge in [0.2, 0.25) is 0 Å². The van der Waals surface area contributed by atoms with Gasteiger partial charge in [0.25, 0.3) is 0 Å². The Balaban J connectivity index is 1.56. The number of anilines is 1. The van der Waals surface area contributed by atoms with Gasteiger partial charge in [0.15, 0.2) is 0 Å². The molecule has 1 fully saturated rings. The van der Waals surface area contributed by atoms with Crippen molar-refractivity contribution >= 4 is 28.3 Å². The average Bonchev–Trinajstić information content (AvgIpc) is 2.91. The zero-order valence-corrected chi connectivity index (χ0v) is 14.5. The molecule has 110 valence electrons. The van der Waals surface area contributed by atoms with Gasteiger partial charge in [0, 0.05) is 34.9 Å². The number of rotatable bonds is 4. The van der Waals surface area contributed by atoms with Gasteiger partial charge in [-0.1, -0.05) is 36.4 Å². The smallest absolute Gasteiger partial charge is 0.0400 e. The molecular weight excluding hydrogens is 371 g/mol. The van der Waals surface area contributed by atoms with E-state index in [9.17, 15) is 0 Å². The van der Waals surface area contributed by atoms with Gasteiger partial charge in [-0.05, 0) is 59.2 Å². The van der Waals surface area contributed by atoms with Crippen LogP contribution in [0.25, 0.3) is 0 Å². The van der Waals surface area contributed by atoms with Gasteiger partial charge in [-0.2, -0.15) is 0 Å². The molecule has 3 rings (SSSR count). The Bertz CT molecular complexity index is 597. The predicted octanol–water partition coefficient (Wildman–Crippen LogP) is 4.29. The Morgan fingerprint density at radius 3 is 2.76 bits per heavy atom. The molecule has 0 spiro atoms. The zero-order valence-electron chi connectivity index (χ0n) is 12.3. The Kier molecular flexibility index (Phi) is 4.80. The molecule has 2 aromatic carbocycles. The summed E-state index contributed by atoms with van der Waals surface area (Å²) in [6.07, 6.45) is 1.22.